The van der Waals surface area contributed by atoms with Crippen molar-refractivity contribution < 1.29 is 0 Å². The first-order valence-corrected chi connectivity index (χ1v) is 4.30. The molecular formula is C7H10N2S. The molecule has 1 aliphatic carbocycles. The molecule has 10 heavy (non-hydrogen) atoms. The molecule has 54 valence electrons. The summed E-state index contributed by atoms with van der Waals surface area (Å²) in [5.41, 5.74) is 8.99. The van der Waals surface area contributed by atoms with E-state index in [0.717, 1.165) is 18.5 Å². The van der Waals surface area contributed by atoms with Crippen LogP contribution < -0.4 is 5.73 Å². The molecule has 0 radical (unpaired) electrons. The molecule has 3 heteroatoms. The Morgan fingerprint density at radius 2 is 2.40 bits per heavy atom. The minimum absolute atomic E-state index is 0.0191. The summed E-state index contributed by atoms with van der Waals surface area (Å²) in [4.78, 5) is 5.45. The summed E-state index contributed by atoms with van der Waals surface area (Å²) in [5, 5.41) is 0. The molecule has 2 nitrogen and oxygen atoms in total. The largest absolute Gasteiger partial charge is 0.321 e. The number of hydrogen-bond acceptors (Lipinski definition) is 3. The Labute approximate surface area is 64.1 Å². The van der Waals surface area contributed by atoms with Crippen LogP contribution in [0.1, 0.15) is 23.4 Å². The third-order valence-corrected chi connectivity index (χ3v) is 3.13. The van der Waals surface area contributed by atoms with E-state index in [1.54, 1.807) is 11.3 Å². The molecule has 0 amide bonds. The summed E-state index contributed by atoms with van der Waals surface area (Å²) < 4.78 is 0. The number of nitrogens with two attached hydrogens (primary N) is 1. The summed E-state index contributed by atoms with van der Waals surface area (Å²) in [6.45, 7) is 2.03. The topological polar surface area (TPSA) is 38.9 Å². The molecule has 2 N–H and O–H groups in total. The maximum atomic E-state index is 5.98. The highest BCUT2D eigenvalue weighted by atomic mass is 32.1. The summed E-state index contributed by atoms with van der Waals surface area (Å²) in [6, 6.07) is 0. The highest BCUT2D eigenvalue weighted by Crippen LogP contribution is 2.45. The highest BCUT2D eigenvalue weighted by Gasteiger charge is 2.42. The van der Waals surface area contributed by atoms with Gasteiger partial charge in [-0.1, -0.05) is 0 Å². The zero-order valence-electron chi connectivity index (χ0n) is 5.92. The molecule has 0 bridgehead atoms. The van der Waals surface area contributed by atoms with E-state index >= 15 is 0 Å². The first-order chi connectivity index (χ1) is 4.72. The second-order valence-electron chi connectivity index (χ2n) is 2.92. The molecule has 1 saturated carbocycles. The van der Waals surface area contributed by atoms with E-state index in [1.165, 1.54) is 4.88 Å². The Morgan fingerprint density at radius 3 is 2.80 bits per heavy atom. The van der Waals surface area contributed by atoms with Gasteiger partial charge in [-0.15, -0.1) is 11.3 Å². The minimum Gasteiger partial charge on any atom is -0.321 e. The van der Waals surface area contributed by atoms with Crippen LogP contribution in [0.25, 0.3) is 0 Å². The standard InChI is InChI=1S/C7H10N2S/c1-5-6(10-4-9-5)7(8)2-3-7/h4H,2-3,8H2,1H3. The van der Waals surface area contributed by atoms with Crippen LogP contribution in [0.4, 0.5) is 0 Å². The van der Waals surface area contributed by atoms with Gasteiger partial charge in [0.15, 0.2) is 0 Å². The second-order valence-corrected chi connectivity index (χ2v) is 3.78. The number of aromatic nitrogens is 1. The van der Waals surface area contributed by atoms with Crippen LogP contribution in [0.3, 0.4) is 0 Å². The average Bonchev–Trinajstić information content (AvgIpc) is 2.44. The first-order valence-electron chi connectivity index (χ1n) is 3.42. The van der Waals surface area contributed by atoms with Crippen molar-refractivity contribution in [3.63, 3.8) is 0 Å². The number of thiazole rings is 1. The third kappa shape index (κ3) is 0.777. The minimum atomic E-state index is 0.0191. The van der Waals surface area contributed by atoms with Gasteiger partial charge >= 0.3 is 0 Å². The van der Waals surface area contributed by atoms with E-state index in [4.69, 9.17) is 5.73 Å². The predicted molar refractivity (Wildman–Crippen MR) is 42.0 cm³/mol. The van der Waals surface area contributed by atoms with Gasteiger partial charge in [-0.05, 0) is 19.8 Å². The predicted octanol–water partition coefficient (Wildman–Crippen LogP) is 1.40. The van der Waals surface area contributed by atoms with Gasteiger partial charge in [-0.25, -0.2) is 4.98 Å². The second kappa shape index (κ2) is 1.80. The van der Waals surface area contributed by atoms with E-state index in [-0.39, 0.29) is 5.54 Å². The highest BCUT2D eigenvalue weighted by molar-refractivity contribution is 7.10. The van der Waals surface area contributed by atoms with Crippen LogP contribution in [0, 0.1) is 6.92 Å². The lowest BCUT2D eigenvalue weighted by Crippen LogP contribution is -2.17. The first kappa shape index (κ1) is 6.31. The Bertz CT molecular complexity index is 250. The molecular weight excluding hydrogens is 144 g/mol. The maximum Gasteiger partial charge on any atom is 0.0798 e. The molecule has 1 aliphatic rings. The van der Waals surface area contributed by atoms with Crippen LogP contribution >= 0.6 is 11.3 Å². The van der Waals surface area contributed by atoms with Crippen LogP contribution in [0.5, 0.6) is 0 Å². The van der Waals surface area contributed by atoms with E-state index in [9.17, 15) is 0 Å². The van der Waals surface area contributed by atoms with Gasteiger partial charge in [-0.3, -0.25) is 0 Å². The number of nitrogens with zero attached hydrogens (tertiary/aromatic N) is 1. The van der Waals surface area contributed by atoms with Crippen molar-refractivity contribution in [2.45, 2.75) is 25.3 Å². The van der Waals surface area contributed by atoms with Crippen molar-refractivity contribution >= 4 is 11.3 Å². The van der Waals surface area contributed by atoms with E-state index in [2.05, 4.69) is 4.98 Å². The third-order valence-electron chi connectivity index (χ3n) is 1.99. The van der Waals surface area contributed by atoms with Gasteiger partial charge in [0.25, 0.3) is 0 Å². The molecule has 1 aromatic rings. The van der Waals surface area contributed by atoms with Crippen LogP contribution in [0.15, 0.2) is 5.51 Å². The number of hydrogen-bond donors (Lipinski definition) is 1. The Hall–Kier alpha value is -0.410. The van der Waals surface area contributed by atoms with Crippen molar-refractivity contribution in [3.8, 4) is 0 Å². The quantitative estimate of drug-likeness (QED) is 0.664. The van der Waals surface area contributed by atoms with Crippen LogP contribution in [-0.2, 0) is 5.54 Å². The normalized spacial score (nSPS) is 21.0. The summed E-state index contributed by atoms with van der Waals surface area (Å²) in [7, 11) is 0. The zero-order valence-corrected chi connectivity index (χ0v) is 6.74. The molecule has 0 atom stereocenters. The number of rotatable bonds is 1. The van der Waals surface area contributed by atoms with Gasteiger partial charge in [0.05, 0.1) is 16.7 Å². The fraction of sp³-hybridized carbons (Fsp3) is 0.571. The molecule has 0 unspecified atom stereocenters. The molecule has 1 aromatic heterocycles. The SMILES string of the molecule is Cc1ncsc1C1(N)CC1. The molecule has 1 heterocycles. The van der Waals surface area contributed by atoms with Crippen molar-refractivity contribution in [3.05, 3.63) is 16.1 Å². The zero-order chi connectivity index (χ0) is 7.19. The smallest absolute Gasteiger partial charge is 0.0798 e. The maximum absolute atomic E-state index is 5.98. The average molecular weight is 154 g/mol. The molecule has 2 rings (SSSR count). The Morgan fingerprint density at radius 1 is 1.70 bits per heavy atom. The summed E-state index contributed by atoms with van der Waals surface area (Å²) in [5.74, 6) is 0. The van der Waals surface area contributed by atoms with Crippen molar-refractivity contribution in [1.82, 2.24) is 4.98 Å². The lowest BCUT2D eigenvalue weighted by Gasteiger charge is -2.04. The Kier molecular flexibility index (Phi) is 1.13. The monoisotopic (exact) mass is 154 g/mol. The summed E-state index contributed by atoms with van der Waals surface area (Å²) in [6.07, 6.45) is 2.27. The number of aryl methyl sites for hydroxylation is 1. The van der Waals surface area contributed by atoms with Crippen molar-refractivity contribution in [2.24, 2.45) is 5.73 Å². The van der Waals surface area contributed by atoms with Gasteiger partial charge < -0.3 is 5.73 Å². The van der Waals surface area contributed by atoms with Gasteiger partial charge in [0, 0.05) is 4.88 Å². The summed E-state index contributed by atoms with van der Waals surface area (Å²) >= 11 is 1.68. The fourth-order valence-corrected chi connectivity index (χ4v) is 2.12. The van der Waals surface area contributed by atoms with Gasteiger partial charge in [0.2, 0.25) is 0 Å². The van der Waals surface area contributed by atoms with Crippen LogP contribution in [-0.4, -0.2) is 4.98 Å². The lowest BCUT2D eigenvalue weighted by molar-refractivity contribution is 0.748. The van der Waals surface area contributed by atoms with Crippen molar-refractivity contribution in [1.29, 1.82) is 0 Å². The molecule has 0 aliphatic heterocycles. The van der Waals surface area contributed by atoms with E-state index < -0.39 is 0 Å². The van der Waals surface area contributed by atoms with Crippen LogP contribution in [0.2, 0.25) is 0 Å². The van der Waals surface area contributed by atoms with Gasteiger partial charge in [0.1, 0.15) is 0 Å². The van der Waals surface area contributed by atoms with E-state index in [1.807, 2.05) is 12.4 Å². The fourth-order valence-electron chi connectivity index (χ4n) is 1.14. The molecule has 1 fully saturated rings. The van der Waals surface area contributed by atoms with Crippen molar-refractivity contribution in [2.75, 3.05) is 0 Å². The molecule has 0 aromatic carbocycles. The van der Waals surface area contributed by atoms with E-state index in [0.29, 0.717) is 0 Å². The van der Waals surface area contributed by atoms with Gasteiger partial charge in [-0.2, -0.15) is 0 Å². The molecule has 0 saturated heterocycles. The molecule has 0 spiro atoms. The lowest BCUT2D eigenvalue weighted by atomic mass is 10.2. The Balaban J connectivity index is 2.42.